The summed E-state index contributed by atoms with van der Waals surface area (Å²) in [5.74, 6) is -0.609. The summed E-state index contributed by atoms with van der Waals surface area (Å²) in [6, 6.07) is 15.4. The summed E-state index contributed by atoms with van der Waals surface area (Å²) in [6.45, 7) is 2.07. The number of aromatic nitrogens is 1. The number of benzene rings is 1. The SMILES string of the molecule is CC(C(=O)OC/C=C/c1ccccc1)c1ccccn1. The molecule has 1 unspecified atom stereocenters. The second-order valence-electron chi connectivity index (χ2n) is 4.42. The van der Waals surface area contributed by atoms with E-state index in [9.17, 15) is 4.79 Å². The molecule has 3 heteroatoms. The highest BCUT2D eigenvalue weighted by molar-refractivity contribution is 5.77. The average molecular weight is 267 g/mol. The highest BCUT2D eigenvalue weighted by atomic mass is 16.5. The van der Waals surface area contributed by atoms with Crippen LogP contribution in [0.15, 0.2) is 60.8 Å². The molecule has 0 saturated heterocycles. The van der Waals surface area contributed by atoms with E-state index in [1.165, 1.54) is 0 Å². The van der Waals surface area contributed by atoms with Crippen molar-refractivity contribution in [2.45, 2.75) is 12.8 Å². The first-order chi connectivity index (χ1) is 9.77. The lowest BCUT2D eigenvalue weighted by molar-refractivity contribution is -0.143. The minimum absolute atomic E-state index is 0.263. The second kappa shape index (κ2) is 7.24. The third kappa shape index (κ3) is 4.05. The Hall–Kier alpha value is -2.42. The van der Waals surface area contributed by atoms with Gasteiger partial charge in [0.2, 0.25) is 0 Å². The van der Waals surface area contributed by atoms with Gasteiger partial charge in [0.1, 0.15) is 6.61 Å². The molecular weight excluding hydrogens is 250 g/mol. The van der Waals surface area contributed by atoms with E-state index in [1.807, 2.05) is 60.7 Å². The number of hydrogen-bond acceptors (Lipinski definition) is 3. The first-order valence-corrected chi connectivity index (χ1v) is 6.56. The summed E-state index contributed by atoms with van der Waals surface area (Å²) in [6.07, 6.45) is 5.44. The summed E-state index contributed by atoms with van der Waals surface area (Å²) in [7, 11) is 0. The standard InChI is InChI=1S/C17H17NO2/c1-14(16-11-5-6-12-18-16)17(19)20-13-7-10-15-8-3-2-4-9-15/h2-12,14H,13H2,1H3/b10-7+. The monoisotopic (exact) mass is 267 g/mol. The normalized spacial score (nSPS) is 12.2. The quantitative estimate of drug-likeness (QED) is 0.779. The predicted octanol–water partition coefficient (Wildman–Crippen LogP) is 3.44. The van der Waals surface area contributed by atoms with Crippen LogP contribution in [0.3, 0.4) is 0 Å². The van der Waals surface area contributed by atoms with Crippen LogP contribution in [-0.2, 0) is 9.53 Å². The lowest BCUT2D eigenvalue weighted by Crippen LogP contribution is -2.14. The molecule has 0 spiro atoms. The van der Waals surface area contributed by atoms with Gasteiger partial charge in [-0.2, -0.15) is 0 Å². The predicted molar refractivity (Wildman–Crippen MR) is 79.1 cm³/mol. The molecule has 0 aliphatic rings. The molecule has 0 radical (unpaired) electrons. The van der Waals surface area contributed by atoms with Crippen LogP contribution < -0.4 is 0 Å². The summed E-state index contributed by atoms with van der Waals surface area (Å²) >= 11 is 0. The fourth-order valence-corrected chi connectivity index (χ4v) is 1.76. The fourth-order valence-electron chi connectivity index (χ4n) is 1.76. The summed E-state index contributed by atoms with van der Waals surface area (Å²) in [5.41, 5.74) is 1.81. The van der Waals surface area contributed by atoms with Gasteiger partial charge in [-0.1, -0.05) is 42.5 Å². The minimum atomic E-state index is -0.346. The van der Waals surface area contributed by atoms with Gasteiger partial charge >= 0.3 is 5.97 Å². The zero-order valence-corrected chi connectivity index (χ0v) is 11.4. The third-order valence-electron chi connectivity index (χ3n) is 2.92. The van der Waals surface area contributed by atoms with Gasteiger partial charge in [-0.15, -0.1) is 0 Å². The number of ether oxygens (including phenoxy) is 1. The van der Waals surface area contributed by atoms with Crippen LogP contribution in [0.2, 0.25) is 0 Å². The molecule has 3 nitrogen and oxygen atoms in total. The van der Waals surface area contributed by atoms with Crippen molar-refractivity contribution in [1.29, 1.82) is 0 Å². The van der Waals surface area contributed by atoms with E-state index in [0.29, 0.717) is 0 Å². The van der Waals surface area contributed by atoms with Crippen LogP contribution in [0.5, 0.6) is 0 Å². The lowest BCUT2D eigenvalue weighted by atomic mass is 10.1. The maximum absolute atomic E-state index is 11.9. The molecule has 0 bridgehead atoms. The number of hydrogen-bond donors (Lipinski definition) is 0. The van der Waals surface area contributed by atoms with Crippen molar-refractivity contribution < 1.29 is 9.53 Å². The van der Waals surface area contributed by atoms with Crippen molar-refractivity contribution in [3.63, 3.8) is 0 Å². The smallest absolute Gasteiger partial charge is 0.315 e. The molecule has 0 fully saturated rings. The highest BCUT2D eigenvalue weighted by Crippen LogP contribution is 2.13. The molecule has 2 rings (SSSR count). The number of esters is 1. The molecule has 0 amide bonds. The zero-order valence-electron chi connectivity index (χ0n) is 11.4. The molecule has 0 aliphatic carbocycles. The molecule has 0 saturated carbocycles. The fraction of sp³-hybridized carbons (Fsp3) is 0.176. The van der Waals surface area contributed by atoms with E-state index in [4.69, 9.17) is 4.74 Å². The van der Waals surface area contributed by atoms with Gasteiger partial charge in [-0.05, 0) is 30.7 Å². The molecule has 1 aromatic carbocycles. The highest BCUT2D eigenvalue weighted by Gasteiger charge is 2.16. The molecule has 102 valence electrons. The van der Waals surface area contributed by atoms with Crippen molar-refractivity contribution >= 4 is 12.0 Å². The van der Waals surface area contributed by atoms with Crippen LogP contribution in [0.1, 0.15) is 24.1 Å². The Labute approximate surface area is 118 Å². The van der Waals surface area contributed by atoms with Gasteiger partial charge in [0.05, 0.1) is 11.6 Å². The van der Waals surface area contributed by atoms with Crippen LogP contribution in [-0.4, -0.2) is 17.6 Å². The minimum Gasteiger partial charge on any atom is -0.461 e. The molecular formula is C17H17NO2. The number of carbonyl (C=O) groups excluding carboxylic acids is 1. The average Bonchev–Trinajstić information content (AvgIpc) is 2.52. The van der Waals surface area contributed by atoms with Gasteiger partial charge in [0, 0.05) is 6.20 Å². The Bertz CT molecular complexity index is 564. The van der Waals surface area contributed by atoms with Gasteiger partial charge < -0.3 is 4.74 Å². The Morgan fingerprint density at radius 3 is 2.65 bits per heavy atom. The first kappa shape index (κ1) is 14.0. The van der Waals surface area contributed by atoms with E-state index in [0.717, 1.165) is 11.3 Å². The molecule has 1 atom stereocenters. The van der Waals surface area contributed by atoms with Crippen LogP contribution in [0.25, 0.3) is 6.08 Å². The van der Waals surface area contributed by atoms with E-state index < -0.39 is 0 Å². The van der Waals surface area contributed by atoms with E-state index in [2.05, 4.69) is 4.98 Å². The van der Waals surface area contributed by atoms with Crippen LogP contribution >= 0.6 is 0 Å². The van der Waals surface area contributed by atoms with Gasteiger partial charge in [-0.3, -0.25) is 9.78 Å². The van der Waals surface area contributed by atoms with E-state index in [-0.39, 0.29) is 18.5 Å². The van der Waals surface area contributed by atoms with Crippen molar-refractivity contribution in [2.24, 2.45) is 0 Å². The number of carbonyl (C=O) groups is 1. The summed E-state index contributed by atoms with van der Waals surface area (Å²) < 4.78 is 5.21. The maximum Gasteiger partial charge on any atom is 0.315 e. The Balaban J connectivity index is 1.82. The first-order valence-electron chi connectivity index (χ1n) is 6.56. The molecule has 0 N–H and O–H groups in total. The van der Waals surface area contributed by atoms with Gasteiger partial charge in [0.15, 0.2) is 0 Å². The lowest BCUT2D eigenvalue weighted by Gasteiger charge is -2.09. The van der Waals surface area contributed by atoms with Crippen molar-refractivity contribution in [1.82, 2.24) is 4.98 Å². The van der Waals surface area contributed by atoms with Crippen LogP contribution in [0, 0.1) is 0 Å². The Kier molecular flexibility index (Phi) is 5.07. The number of rotatable bonds is 5. The zero-order chi connectivity index (χ0) is 14.2. The summed E-state index contributed by atoms with van der Waals surface area (Å²) in [4.78, 5) is 16.0. The van der Waals surface area contributed by atoms with Crippen molar-refractivity contribution in [2.75, 3.05) is 6.61 Å². The third-order valence-corrected chi connectivity index (χ3v) is 2.92. The van der Waals surface area contributed by atoms with Crippen molar-refractivity contribution in [3.05, 3.63) is 72.1 Å². The molecule has 0 aliphatic heterocycles. The van der Waals surface area contributed by atoms with Gasteiger partial charge in [-0.25, -0.2) is 0 Å². The largest absolute Gasteiger partial charge is 0.461 e. The molecule has 1 heterocycles. The van der Waals surface area contributed by atoms with E-state index >= 15 is 0 Å². The topological polar surface area (TPSA) is 39.2 Å². The van der Waals surface area contributed by atoms with Crippen LogP contribution in [0.4, 0.5) is 0 Å². The van der Waals surface area contributed by atoms with E-state index in [1.54, 1.807) is 13.1 Å². The van der Waals surface area contributed by atoms with Gasteiger partial charge in [0.25, 0.3) is 0 Å². The van der Waals surface area contributed by atoms with Crippen molar-refractivity contribution in [3.8, 4) is 0 Å². The summed E-state index contributed by atoms with van der Waals surface area (Å²) in [5, 5.41) is 0. The molecule has 1 aromatic heterocycles. The maximum atomic E-state index is 11.9. The Morgan fingerprint density at radius 1 is 1.20 bits per heavy atom. The Morgan fingerprint density at radius 2 is 1.95 bits per heavy atom. The number of pyridine rings is 1. The molecule has 2 aromatic rings. The second-order valence-corrected chi connectivity index (χ2v) is 4.42. The molecule has 20 heavy (non-hydrogen) atoms. The number of nitrogens with zero attached hydrogens (tertiary/aromatic N) is 1.